The summed E-state index contributed by atoms with van der Waals surface area (Å²) in [5, 5.41) is 5.60. The first kappa shape index (κ1) is 17.0. The molecule has 0 radical (unpaired) electrons. The number of hydrogen-bond acceptors (Lipinski definition) is 3. The van der Waals surface area contributed by atoms with Crippen LogP contribution in [0, 0.1) is 5.82 Å². The van der Waals surface area contributed by atoms with E-state index in [1.807, 2.05) is 0 Å². The van der Waals surface area contributed by atoms with E-state index in [0.29, 0.717) is 11.3 Å². The molecule has 1 aromatic heterocycles. The van der Waals surface area contributed by atoms with E-state index in [1.165, 1.54) is 12.1 Å². The second-order valence-corrected chi connectivity index (χ2v) is 6.43. The van der Waals surface area contributed by atoms with Crippen LogP contribution in [0.2, 0.25) is 0 Å². The number of carbonyl (C=O) groups is 2. The van der Waals surface area contributed by atoms with Crippen molar-refractivity contribution in [2.75, 3.05) is 5.32 Å². The zero-order chi connectivity index (χ0) is 18.8. The number of amides is 2. The Hall–Kier alpha value is -3.41. The molecule has 0 saturated heterocycles. The number of benzene rings is 2. The van der Waals surface area contributed by atoms with Crippen LogP contribution < -0.4 is 10.6 Å². The van der Waals surface area contributed by atoms with Gasteiger partial charge >= 0.3 is 0 Å². The molecule has 4 rings (SSSR count). The van der Waals surface area contributed by atoms with Crippen LogP contribution in [0.1, 0.15) is 33.8 Å². The lowest BCUT2D eigenvalue weighted by Gasteiger charge is -2.07. The van der Waals surface area contributed by atoms with Crippen molar-refractivity contribution in [3.8, 4) is 11.3 Å². The summed E-state index contributed by atoms with van der Waals surface area (Å²) in [6.07, 6.45) is 2.01. The summed E-state index contributed by atoms with van der Waals surface area (Å²) in [6.45, 7) is 0. The maximum absolute atomic E-state index is 13.8. The van der Waals surface area contributed by atoms with Crippen molar-refractivity contribution in [3.05, 3.63) is 77.8 Å². The molecule has 0 spiro atoms. The van der Waals surface area contributed by atoms with Crippen molar-refractivity contribution >= 4 is 17.5 Å². The predicted octanol–water partition coefficient (Wildman–Crippen LogP) is 4.23. The summed E-state index contributed by atoms with van der Waals surface area (Å²) in [6, 6.07) is 16.2. The van der Waals surface area contributed by atoms with E-state index in [2.05, 4.69) is 10.6 Å². The molecule has 1 aliphatic rings. The van der Waals surface area contributed by atoms with Crippen LogP contribution in [-0.4, -0.2) is 17.9 Å². The van der Waals surface area contributed by atoms with Gasteiger partial charge in [-0.3, -0.25) is 9.59 Å². The SMILES string of the molecule is O=C(NC1CC1)c1cccc(NC(=O)c2ccc(-c3ccccc3F)o2)c1. The van der Waals surface area contributed by atoms with Crippen molar-refractivity contribution in [2.45, 2.75) is 18.9 Å². The van der Waals surface area contributed by atoms with Crippen molar-refractivity contribution in [2.24, 2.45) is 0 Å². The molecule has 0 bridgehead atoms. The van der Waals surface area contributed by atoms with Crippen LogP contribution >= 0.6 is 0 Å². The number of rotatable bonds is 5. The third-order valence-corrected chi connectivity index (χ3v) is 4.26. The molecule has 2 amide bonds. The van der Waals surface area contributed by atoms with Gasteiger partial charge in [0.05, 0.1) is 5.56 Å². The Bertz CT molecular complexity index is 1010. The first-order chi connectivity index (χ1) is 13.1. The zero-order valence-corrected chi connectivity index (χ0v) is 14.4. The Balaban J connectivity index is 1.48. The molecule has 6 heteroatoms. The Morgan fingerprint density at radius 2 is 1.78 bits per heavy atom. The quantitative estimate of drug-likeness (QED) is 0.712. The highest BCUT2D eigenvalue weighted by Crippen LogP contribution is 2.25. The average Bonchev–Trinajstić information content (AvgIpc) is 3.34. The summed E-state index contributed by atoms with van der Waals surface area (Å²) in [5.41, 5.74) is 1.24. The van der Waals surface area contributed by atoms with Crippen molar-refractivity contribution < 1.29 is 18.4 Å². The van der Waals surface area contributed by atoms with E-state index in [1.54, 1.807) is 48.5 Å². The van der Waals surface area contributed by atoms with Gasteiger partial charge in [-0.25, -0.2) is 4.39 Å². The predicted molar refractivity (Wildman–Crippen MR) is 99.0 cm³/mol. The molecule has 2 N–H and O–H groups in total. The normalized spacial score (nSPS) is 13.2. The number of furan rings is 1. The second kappa shape index (κ2) is 7.07. The van der Waals surface area contributed by atoms with Crippen LogP contribution in [-0.2, 0) is 0 Å². The lowest BCUT2D eigenvalue weighted by molar-refractivity contribution is 0.0949. The molecular weight excluding hydrogens is 347 g/mol. The minimum atomic E-state index is -0.475. The van der Waals surface area contributed by atoms with Crippen LogP contribution in [0.15, 0.2) is 65.1 Å². The second-order valence-electron chi connectivity index (χ2n) is 6.43. The fourth-order valence-electron chi connectivity index (χ4n) is 2.69. The number of carbonyl (C=O) groups excluding carboxylic acids is 2. The molecule has 27 heavy (non-hydrogen) atoms. The van der Waals surface area contributed by atoms with E-state index >= 15 is 0 Å². The molecule has 1 heterocycles. The third-order valence-electron chi connectivity index (χ3n) is 4.26. The van der Waals surface area contributed by atoms with Gasteiger partial charge in [-0.1, -0.05) is 18.2 Å². The van der Waals surface area contributed by atoms with Crippen LogP contribution in [0.5, 0.6) is 0 Å². The molecule has 5 nitrogen and oxygen atoms in total. The molecule has 1 saturated carbocycles. The Morgan fingerprint density at radius 1 is 0.963 bits per heavy atom. The van der Waals surface area contributed by atoms with E-state index in [0.717, 1.165) is 12.8 Å². The van der Waals surface area contributed by atoms with Gasteiger partial charge in [0.25, 0.3) is 11.8 Å². The maximum atomic E-state index is 13.8. The Kier molecular flexibility index (Phi) is 4.46. The highest BCUT2D eigenvalue weighted by molar-refractivity contribution is 6.03. The summed E-state index contributed by atoms with van der Waals surface area (Å²) in [4.78, 5) is 24.5. The molecule has 1 aliphatic carbocycles. The maximum Gasteiger partial charge on any atom is 0.291 e. The highest BCUT2D eigenvalue weighted by atomic mass is 19.1. The van der Waals surface area contributed by atoms with Crippen LogP contribution in [0.3, 0.4) is 0 Å². The van der Waals surface area contributed by atoms with Gasteiger partial charge in [0, 0.05) is 17.3 Å². The van der Waals surface area contributed by atoms with Crippen molar-refractivity contribution in [1.82, 2.24) is 5.32 Å². The molecule has 0 unspecified atom stereocenters. The fourth-order valence-corrected chi connectivity index (χ4v) is 2.69. The van der Waals surface area contributed by atoms with E-state index < -0.39 is 11.7 Å². The third kappa shape index (κ3) is 3.89. The Morgan fingerprint density at radius 3 is 2.56 bits per heavy atom. The first-order valence-corrected chi connectivity index (χ1v) is 8.67. The van der Waals surface area contributed by atoms with Crippen molar-refractivity contribution in [3.63, 3.8) is 0 Å². The van der Waals surface area contributed by atoms with Crippen LogP contribution in [0.25, 0.3) is 11.3 Å². The smallest absolute Gasteiger partial charge is 0.291 e. The fraction of sp³-hybridized carbons (Fsp3) is 0.143. The molecule has 0 aliphatic heterocycles. The van der Waals surface area contributed by atoms with Gasteiger partial charge in [0.2, 0.25) is 0 Å². The van der Waals surface area contributed by atoms with Gasteiger partial charge in [0.15, 0.2) is 5.76 Å². The molecule has 3 aromatic rings. The van der Waals surface area contributed by atoms with Gasteiger partial charge < -0.3 is 15.1 Å². The molecule has 0 atom stereocenters. The van der Waals surface area contributed by atoms with Gasteiger partial charge in [0.1, 0.15) is 11.6 Å². The average molecular weight is 364 g/mol. The lowest BCUT2D eigenvalue weighted by atomic mass is 10.1. The number of nitrogens with one attached hydrogen (secondary N) is 2. The number of hydrogen-bond donors (Lipinski definition) is 2. The highest BCUT2D eigenvalue weighted by Gasteiger charge is 2.24. The largest absolute Gasteiger partial charge is 0.451 e. The van der Waals surface area contributed by atoms with Crippen LogP contribution in [0.4, 0.5) is 10.1 Å². The summed E-state index contributed by atoms with van der Waals surface area (Å²) in [7, 11) is 0. The monoisotopic (exact) mass is 364 g/mol. The molecular formula is C21H17FN2O3. The van der Waals surface area contributed by atoms with Gasteiger partial charge in [-0.15, -0.1) is 0 Å². The van der Waals surface area contributed by atoms with Gasteiger partial charge in [-0.05, 0) is 55.3 Å². The minimum absolute atomic E-state index is 0.0566. The zero-order valence-electron chi connectivity index (χ0n) is 14.4. The lowest BCUT2D eigenvalue weighted by Crippen LogP contribution is -2.25. The van der Waals surface area contributed by atoms with E-state index in [9.17, 15) is 14.0 Å². The molecule has 1 fully saturated rings. The summed E-state index contributed by atoms with van der Waals surface area (Å²) in [5.74, 6) is -0.726. The minimum Gasteiger partial charge on any atom is -0.451 e. The topological polar surface area (TPSA) is 71.3 Å². The Labute approximate surface area is 155 Å². The molecule has 2 aromatic carbocycles. The van der Waals surface area contributed by atoms with Gasteiger partial charge in [-0.2, -0.15) is 0 Å². The summed E-state index contributed by atoms with van der Waals surface area (Å²) < 4.78 is 19.3. The summed E-state index contributed by atoms with van der Waals surface area (Å²) >= 11 is 0. The first-order valence-electron chi connectivity index (χ1n) is 8.67. The molecule has 136 valence electrons. The number of halogens is 1. The van der Waals surface area contributed by atoms with E-state index in [4.69, 9.17) is 4.42 Å². The van der Waals surface area contributed by atoms with Crippen molar-refractivity contribution in [1.29, 1.82) is 0 Å². The van der Waals surface area contributed by atoms with E-state index in [-0.39, 0.29) is 29.0 Å². The number of anilines is 1. The standard InChI is InChI=1S/C21H17FN2O3/c22-17-7-2-1-6-16(17)18-10-11-19(27-18)21(26)24-15-5-3-4-13(12-15)20(25)23-14-8-9-14/h1-7,10-12,14H,8-9H2,(H,23,25)(H,24,26).